The summed E-state index contributed by atoms with van der Waals surface area (Å²) in [6, 6.07) is 0.913. The third-order valence-corrected chi connectivity index (χ3v) is 4.66. The van der Waals surface area contributed by atoms with E-state index in [2.05, 4.69) is 18.5 Å². The number of aliphatic hydroxyl groups is 1. The van der Waals surface area contributed by atoms with Gasteiger partial charge in [-0.05, 0) is 38.9 Å². The molecule has 0 aromatic carbocycles. The molecule has 96 valence electrons. The summed E-state index contributed by atoms with van der Waals surface area (Å²) in [4.78, 5) is 0. The van der Waals surface area contributed by atoms with Crippen LogP contribution in [0.15, 0.2) is 0 Å². The first kappa shape index (κ1) is 14.3. The van der Waals surface area contributed by atoms with Gasteiger partial charge in [-0.2, -0.15) is 11.8 Å². The summed E-state index contributed by atoms with van der Waals surface area (Å²) in [5.41, 5.74) is 0. The zero-order valence-corrected chi connectivity index (χ0v) is 11.4. The van der Waals surface area contributed by atoms with Gasteiger partial charge in [0.25, 0.3) is 0 Å². The maximum Gasteiger partial charge on any atom is 0.0586 e. The highest BCUT2D eigenvalue weighted by Crippen LogP contribution is 2.22. The minimum absolute atomic E-state index is 0.246. The Balaban J connectivity index is 2.34. The van der Waals surface area contributed by atoms with Crippen LogP contribution in [0.3, 0.4) is 0 Å². The van der Waals surface area contributed by atoms with Crippen molar-refractivity contribution in [2.24, 2.45) is 0 Å². The zero-order valence-electron chi connectivity index (χ0n) is 10.6. The van der Waals surface area contributed by atoms with Crippen molar-refractivity contribution >= 4 is 11.8 Å². The van der Waals surface area contributed by atoms with Crippen molar-refractivity contribution < 1.29 is 9.84 Å². The van der Waals surface area contributed by atoms with Gasteiger partial charge in [-0.25, -0.2) is 0 Å². The standard InChI is InChI=1S/C12H25NO2S/c1-9(12(8-14)16-3)13-10-5-4-6-11(7-10)15-2/h9-14H,4-8H2,1-3H3. The van der Waals surface area contributed by atoms with E-state index < -0.39 is 0 Å². The van der Waals surface area contributed by atoms with Crippen molar-refractivity contribution in [3.05, 3.63) is 0 Å². The van der Waals surface area contributed by atoms with Gasteiger partial charge in [-0.3, -0.25) is 0 Å². The number of methoxy groups -OCH3 is 1. The van der Waals surface area contributed by atoms with Crippen molar-refractivity contribution in [3.8, 4) is 0 Å². The summed E-state index contributed by atoms with van der Waals surface area (Å²) < 4.78 is 5.42. The van der Waals surface area contributed by atoms with Gasteiger partial charge < -0.3 is 15.2 Å². The highest BCUT2D eigenvalue weighted by atomic mass is 32.2. The Labute approximate surface area is 103 Å². The maximum absolute atomic E-state index is 9.24. The number of nitrogens with one attached hydrogen (secondary N) is 1. The van der Waals surface area contributed by atoms with Crippen LogP contribution in [0.5, 0.6) is 0 Å². The van der Waals surface area contributed by atoms with E-state index in [4.69, 9.17) is 4.74 Å². The number of aliphatic hydroxyl groups excluding tert-OH is 1. The molecule has 4 unspecified atom stereocenters. The van der Waals surface area contributed by atoms with E-state index in [9.17, 15) is 5.11 Å². The number of ether oxygens (including phenoxy) is 1. The smallest absolute Gasteiger partial charge is 0.0586 e. The predicted molar refractivity (Wildman–Crippen MR) is 70.0 cm³/mol. The van der Waals surface area contributed by atoms with Crippen molar-refractivity contribution in [1.29, 1.82) is 0 Å². The summed E-state index contributed by atoms with van der Waals surface area (Å²) in [5.74, 6) is 0. The molecule has 4 atom stereocenters. The van der Waals surface area contributed by atoms with Crippen LogP contribution < -0.4 is 5.32 Å². The molecular weight excluding hydrogens is 222 g/mol. The predicted octanol–water partition coefficient (Wildman–Crippen LogP) is 1.65. The minimum atomic E-state index is 0.246. The van der Waals surface area contributed by atoms with Crippen LogP contribution in [0.2, 0.25) is 0 Å². The van der Waals surface area contributed by atoms with Gasteiger partial charge in [0.05, 0.1) is 12.7 Å². The van der Waals surface area contributed by atoms with E-state index in [1.807, 2.05) is 0 Å². The fourth-order valence-corrected chi connectivity index (χ4v) is 3.06. The molecule has 1 aliphatic rings. The van der Waals surface area contributed by atoms with Crippen molar-refractivity contribution in [2.75, 3.05) is 20.0 Å². The lowest BCUT2D eigenvalue weighted by atomic mass is 9.92. The van der Waals surface area contributed by atoms with Gasteiger partial charge in [0, 0.05) is 24.4 Å². The molecule has 3 nitrogen and oxygen atoms in total. The molecule has 0 aliphatic heterocycles. The largest absolute Gasteiger partial charge is 0.395 e. The molecule has 0 bridgehead atoms. The summed E-state index contributed by atoms with van der Waals surface area (Å²) in [5, 5.41) is 13.2. The summed E-state index contributed by atoms with van der Waals surface area (Å²) in [6.07, 6.45) is 7.24. The van der Waals surface area contributed by atoms with E-state index in [0.29, 0.717) is 23.4 Å². The van der Waals surface area contributed by atoms with E-state index >= 15 is 0 Å². The van der Waals surface area contributed by atoms with Crippen LogP contribution in [-0.2, 0) is 4.74 Å². The number of thioether (sulfide) groups is 1. The monoisotopic (exact) mass is 247 g/mol. The molecule has 0 aromatic rings. The van der Waals surface area contributed by atoms with Gasteiger partial charge >= 0.3 is 0 Å². The van der Waals surface area contributed by atoms with Crippen LogP contribution in [-0.4, -0.2) is 48.5 Å². The molecule has 2 N–H and O–H groups in total. The number of hydrogen-bond acceptors (Lipinski definition) is 4. The fraction of sp³-hybridized carbons (Fsp3) is 1.00. The Kier molecular flexibility index (Phi) is 6.73. The Morgan fingerprint density at radius 1 is 1.50 bits per heavy atom. The summed E-state index contributed by atoms with van der Waals surface area (Å²) >= 11 is 1.73. The first-order valence-corrected chi connectivity index (χ1v) is 7.42. The highest BCUT2D eigenvalue weighted by molar-refractivity contribution is 7.99. The van der Waals surface area contributed by atoms with E-state index in [0.717, 1.165) is 6.42 Å². The molecule has 1 saturated carbocycles. The molecule has 0 saturated heterocycles. The number of rotatable bonds is 6. The second-order valence-electron chi connectivity index (χ2n) is 4.63. The third kappa shape index (κ3) is 4.24. The molecular formula is C12H25NO2S. The average molecular weight is 247 g/mol. The first-order chi connectivity index (χ1) is 7.71. The molecule has 0 radical (unpaired) electrons. The average Bonchev–Trinajstić information content (AvgIpc) is 2.31. The second-order valence-corrected chi connectivity index (χ2v) is 5.71. The molecule has 0 aromatic heterocycles. The Morgan fingerprint density at radius 2 is 2.25 bits per heavy atom. The second kappa shape index (κ2) is 7.54. The van der Waals surface area contributed by atoms with Gasteiger partial charge in [-0.1, -0.05) is 0 Å². The van der Waals surface area contributed by atoms with Gasteiger partial charge in [0.1, 0.15) is 0 Å². The third-order valence-electron chi connectivity index (χ3n) is 3.50. The van der Waals surface area contributed by atoms with Crippen LogP contribution in [0.4, 0.5) is 0 Å². The zero-order chi connectivity index (χ0) is 12.0. The first-order valence-electron chi connectivity index (χ1n) is 6.13. The number of hydrogen-bond donors (Lipinski definition) is 2. The SMILES string of the molecule is COC1CCCC(NC(C)C(CO)SC)C1. The molecule has 1 rings (SSSR count). The van der Waals surface area contributed by atoms with E-state index in [-0.39, 0.29) is 6.61 Å². The minimum Gasteiger partial charge on any atom is -0.395 e. The van der Waals surface area contributed by atoms with E-state index in [1.54, 1.807) is 18.9 Å². The molecule has 1 fully saturated rings. The lowest BCUT2D eigenvalue weighted by molar-refractivity contribution is 0.0569. The van der Waals surface area contributed by atoms with Crippen LogP contribution in [0.25, 0.3) is 0 Å². The van der Waals surface area contributed by atoms with Crippen molar-refractivity contribution in [1.82, 2.24) is 5.32 Å². The summed E-state index contributed by atoms with van der Waals surface area (Å²) in [7, 11) is 1.80. The van der Waals surface area contributed by atoms with Gasteiger partial charge in [0.15, 0.2) is 0 Å². The molecule has 16 heavy (non-hydrogen) atoms. The van der Waals surface area contributed by atoms with Gasteiger partial charge in [0.2, 0.25) is 0 Å². The van der Waals surface area contributed by atoms with Crippen LogP contribution in [0, 0.1) is 0 Å². The van der Waals surface area contributed by atoms with Crippen LogP contribution >= 0.6 is 11.8 Å². The molecule has 0 amide bonds. The normalized spacial score (nSPS) is 30.0. The summed E-state index contributed by atoms with van der Waals surface area (Å²) in [6.45, 7) is 2.41. The quantitative estimate of drug-likeness (QED) is 0.749. The molecule has 0 heterocycles. The topological polar surface area (TPSA) is 41.5 Å². The Hall–Kier alpha value is 0.230. The Morgan fingerprint density at radius 3 is 2.81 bits per heavy atom. The van der Waals surface area contributed by atoms with Crippen molar-refractivity contribution in [3.63, 3.8) is 0 Å². The maximum atomic E-state index is 9.24. The molecule has 1 aliphatic carbocycles. The fourth-order valence-electron chi connectivity index (χ4n) is 2.43. The van der Waals surface area contributed by atoms with Gasteiger partial charge in [-0.15, -0.1) is 0 Å². The van der Waals surface area contributed by atoms with Crippen LogP contribution in [0.1, 0.15) is 32.6 Å². The molecule has 4 heteroatoms. The molecule has 0 spiro atoms. The Bertz CT molecular complexity index is 188. The van der Waals surface area contributed by atoms with E-state index in [1.165, 1.54) is 19.3 Å². The van der Waals surface area contributed by atoms with Crippen molar-refractivity contribution in [2.45, 2.75) is 56.0 Å². The highest BCUT2D eigenvalue weighted by Gasteiger charge is 2.24. The lowest BCUT2D eigenvalue weighted by Gasteiger charge is -2.33. The lowest BCUT2D eigenvalue weighted by Crippen LogP contribution is -2.46.